The third-order valence-electron chi connectivity index (χ3n) is 2.34. The van der Waals surface area contributed by atoms with Crippen molar-refractivity contribution in [3.05, 3.63) is 27.8 Å². The summed E-state index contributed by atoms with van der Waals surface area (Å²) in [5.41, 5.74) is 1.01. The van der Waals surface area contributed by atoms with Crippen LogP contribution in [0.15, 0.2) is 24.3 Å². The summed E-state index contributed by atoms with van der Waals surface area (Å²) in [4.78, 5) is 0. The monoisotopic (exact) mass is 365 g/mol. The Bertz CT molecular complexity index is 349. The van der Waals surface area contributed by atoms with Crippen molar-refractivity contribution in [1.29, 1.82) is 0 Å². The molecule has 0 heterocycles. The van der Waals surface area contributed by atoms with E-state index >= 15 is 0 Å². The third-order valence-corrected chi connectivity index (χ3v) is 3.01. The molecule has 5 heteroatoms. The van der Waals surface area contributed by atoms with Crippen LogP contribution in [0.4, 0.5) is 5.69 Å². The molecule has 0 saturated carbocycles. The number of aliphatic hydroxyl groups is 1. The number of rotatable bonds is 8. The van der Waals surface area contributed by atoms with E-state index in [1.807, 2.05) is 31.2 Å². The summed E-state index contributed by atoms with van der Waals surface area (Å²) in [6.07, 6.45) is -0.524. The number of methoxy groups -OCH3 is 1. The minimum atomic E-state index is -0.526. The van der Waals surface area contributed by atoms with Crippen LogP contribution in [0.2, 0.25) is 0 Å². The van der Waals surface area contributed by atoms with Gasteiger partial charge in [0.25, 0.3) is 0 Å². The van der Waals surface area contributed by atoms with Crippen molar-refractivity contribution < 1.29 is 14.6 Å². The second kappa shape index (κ2) is 8.68. The van der Waals surface area contributed by atoms with Gasteiger partial charge in [-0.25, -0.2) is 0 Å². The number of hydrogen-bond acceptors (Lipinski definition) is 4. The smallest absolute Gasteiger partial charge is 0.0945 e. The molecule has 1 aromatic carbocycles. The molecule has 0 aliphatic rings. The quantitative estimate of drug-likeness (QED) is 0.693. The molecule has 0 spiro atoms. The number of aliphatic hydroxyl groups excluding tert-OH is 1. The van der Waals surface area contributed by atoms with Gasteiger partial charge >= 0.3 is 0 Å². The number of benzene rings is 1. The van der Waals surface area contributed by atoms with Crippen LogP contribution in [0.5, 0.6) is 0 Å². The lowest BCUT2D eigenvalue weighted by molar-refractivity contribution is -0.0282. The standard InChI is InChI=1S/C13H20INO3/c1-10(8-17-2)18-9-13(16)7-15-12-5-3-4-11(14)6-12/h3-6,10,13,15-16H,7-9H2,1-2H3. The van der Waals surface area contributed by atoms with E-state index in [4.69, 9.17) is 9.47 Å². The zero-order valence-electron chi connectivity index (χ0n) is 10.7. The molecule has 0 amide bonds. The van der Waals surface area contributed by atoms with Crippen LogP contribution in [-0.4, -0.2) is 44.2 Å². The molecule has 2 unspecified atom stereocenters. The molecule has 4 nitrogen and oxygen atoms in total. The second-order valence-electron chi connectivity index (χ2n) is 4.14. The topological polar surface area (TPSA) is 50.7 Å². The van der Waals surface area contributed by atoms with Gasteiger partial charge in [0.15, 0.2) is 0 Å². The van der Waals surface area contributed by atoms with Gasteiger partial charge in [-0.3, -0.25) is 0 Å². The van der Waals surface area contributed by atoms with Crippen LogP contribution in [0.3, 0.4) is 0 Å². The van der Waals surface area contributed by atoms with Gasteiger partial charge in [0.1, 0.15) is 0 Å². The molecule has 0 aliphatic heterocycles. The van der Waals surface area contributed by atoms with Gasteiger partial charge in [-0.2, -0.15) is 0 Å². The maximum absolute atomic E-state index is 9.77. The first kappa shape index (κ1) is 15.7. The second-order valence-corrected chi connectivity index (χ2v) is 5.39. The predicted octanol–water partition coefficient (Wildman–Crippen LogP) is 2.12. The fourth-order valence-corrected chi connectivity index (χ4v) is 1.99. The van der Waals surface area contributed by atoms with E-state index in [2.05, 4.69) is 27.9 Å². The Kier molecular flexibility index (Phi) is 7.57. The Balaban J connectivity index is 2.22. The number of halogens is 1. The molecule has 18 heavy (non-hydrogen) atoms. The van der Waals surface area contributed by atoms with Gasteiger partial charge in [-0.15, -0.1) is 0 Å². The first-order chi connectivity index (χ1) is 8.61. The van der Waals surface area contributed by atoms with E-state index in [1.165, 1.54) is 0 Å². The van der Waals surface area contributed by atoms with E-state index in [-0.39, 0.29) is 6.10 Å². The number of nitrogens with one attached hydrogen (secondary N) is 1. The highest BCUT2D eigenvalue weighted by Gasteiger charge is 2.07. The SMILES string of the molecule is COCC(C)OCC(O)CNc1cccc(I)c1. The third kappa shape index (κ3) is 6.53. The minimum absolute atomic E-state index is 0.00215. The maximum atomic E-state index is 9.77. The Hall–Kier alpha value is -0.370. The van der Waals surface area contributed by atoms with E-state index in [9.17, 15) is 5.11 Å². The number of hydrogen-bond donors (Lipinski definition) is 2. The highest BCUT2D eigenvalue weighted by Crippen LogP contribution is 2.12. The molecular formula is C13H20INO3. The van der Waals surface area contributed by atoms with Crippen molar-refractivity contribution in [3.63, 3.8) is 0 Å². The predicted molar refractivity (Wildman–Crippen MR) is 80.9 cm³/mol. The Morgan fingerprint density at radius 1 is 1.39 bits per heavy atom. The van der Waals surface area contributed by atoms with E-state index in [0.29, 0.717) is 19.8 Å². The molecule has 0 aliphatic carbocycles. The molecule has 0 fully saturated rings. The molecule has 0 radical (unpaired) electrons. The van der Waals surface area contributed by atoms with Crippen molar-refractivity contribution in [2.75, 3.05) is 32.2 Å². The average molecular weight is 365 g/mol. The van der Waals surface area contributed by atoms with Crippen LogP contribution in [0.1, 0.15) is 6.92 Å². The fourth-order valence-electron chi connectivity index (χ4n) is 1.45. The van der Waals surface area contributed by atoms with Crippen molar-refractivity contribution >= 4 is 28.3 Å². The van der Waals surface area contributed by atoms with Crippen LogP contribution in [-0.2, 0) is 9.47 Å². The van der Waals surface area contributed by atoms with Gasteiger partial charge in [0.2, 0.25) is 0 Å². The molecule has 2 N–H and O–H groups in total. The van der Waals surface area contributed by atoms with E-state index in [0.717, 1.165) is 9.26 Å². The molecule has 0 bridgehead atoms. The molecule has 102 valence electrons. The van der Waals surface area contributed by atoms with Crippen molar-refractivity contribution in [3.8, 4) is 0 Å². The molecular weight excluding hydrogens is 345 g/mol. The zero-order valence-corrected chi connectivity index (χ0v) is 12.9. The van der Waals surface area contributed by atoms with Crippen LogP contribution in [0, 0.1) is 3.57 Å². The molecule has 1 aromatic rings. The lowest BCUT2D eigenvalue weighted by atomic mass is 10.3. The lowest BCUT2D eigenvalue weighted by Crippen LogP contribution is -2.28. The number of anilines is 1. The summed E-state index contributed by atoms with van der Waals surface area (Å²) in [5.74, 6) is 0. The van der Waals surface area contributed by atoms with Gasteiger partial charge in [-0.05, 0) is 47.7 Å². The van der Waals surface area contributed by atoms with Crippen LogP contribution < -0.4 is 5.32 Å². The van der Waals surface area contributed by atoms with Crippen molar-refractivity contribution in [2.45, 2.75) is 19.1 Å². The number of ether oxygens (including phenoxy) is 2. The molecule has 2 atom stereocenters. The van der Waals surface area contributed by atoms with Gasteiger partial charge in [0, 0.05) is 22.9 Å². The van der Waals surface area contributed by atoms with Crippen LogP contribution >= 0.6 is 22.6 Å². The highest BCUT2D eigenvalue weighted by molar-refractivity contribution is 14.1. The highest BCUT2D eigenvalue weighted by atomic mass is 127. The first-order valence-corrected chi connectivity index (χ1v) is 6.97. The Labute approximate surface area is 122 Å². The minimum Gasteiger partial charge on any atom is -0.389 e. The van der Waals surface area contributed by atoms with Gasteiger partial charge < -0.3 is 19.9 Å². The maximum Gasteiger partial charge on any atom is 0.0945 e. The fraction of sp³-hybridized carbons (Fsp3) is 0.538. The van der Waals surface area contributed by atoms with Crippen molar-refractivity contribution in [2.24, 2.45) is 0 Å². The summed E-state index contributed by atoms with van der Waals surface area (Å²) in [6, 6.07) is 8.01. The molecule has 0 aromatic heterocycles. The summed E-state index contributed by atoms with van der Waals surface area (Å²) in [7, 11) is 1.63. The van der Waals surface area contributed by atoms with Crippen LogP contribution in [0.25, 0.3) is 0 Å². The largest absolute Gasteiger partial charge is 0.389 e. The summed E-state index contributed by atoms with van der Waals surface area (Å²) >= 11 is 2.26. The summed E-state index contributed by atoms with van der Waals surface area (Å²) < 4.78 is 11.6. The first-order valence-electron chi connectivity index (χ1n) is 5.90. The van der Waals surface area contributed by atoms with Gasteiger partial charge in [-0.1, -0.05) is 6.07 Å². The molecule has 0 saturated heterocycles. The Morgan fingerprint density at radius 2 is 2.17 bits per heavy atom. The average Bonchev–Trinajstić information content (AvgIpc) is 2.34. The Morgan fingerprint density at radius 3 is 2.83 bits per heavy atom. The molecule has 1 rings (SSSR count). The summed E-state index contributed by atoms with van der Waals surface area (Å²) in [6.45, 7) is 3.24. The summed E-state index contributed by atoms with van der Waals surface area (Å²) in [5, 5.41) is 12.9. The normalized spacial score (nSPS) is 14.2. The van der Waals surface area contributed by atoms with Crippen molar-refractivity contribution in [1.82, 2.24) is 0 Å². The lowest BCUT2D eigenvalue weighted by Gasteiger charge is -2.16. The van der Waals surface area contributed by atoms with Gasteiger partial charge in [0.05, 0.1) is 25.4 Å². The van der Waals surface area contributed by atoms with E-state index in [1.54, 1.807) is 7.11 Å². The van der Waals surface area contributed by atoms with E-state index < -0.39 is 6.10 Å². The zero-order chi connectivity index (χ0) is 13.4.